The van der Waals surface area contributed by atoms with E-state index in [-0.39, 0.29) is 6.10 Å². The summed E-state index contributed by atoms with van der Waals surface area (Å²) in [6, 6.07) is 0. The molecule has 1 N–H and O–H groups in total. The van der Waals surface area contributed by atoms with Crippen LogP contribution in [0.15, 0.2) is 10.6 Å². The van der Waals surface area contributed by atoms with Crippen molar-refractivity contribution in [2.45, 2.75) is 13.0 Å². The standard InChI is InChI=1S/C7H13Cl2NO/c1-6(4-10-2)11-5-7(9)3-8/h3,6,10H,4-5H2,1-2H3. The molecule has 0 aromatic heterocycles. The molecule has 0 fully saturated rings. The lowest BCUT2D eigenvalue weighted by Gasteiger charge is -2.10. The van der Waals surface area contributed by atoms with Gasteiger partial charge in [-0.25, -0.2) is 0 Å². The molecule has 0 aromatic rings. The molecule has 4 heteroatoms. The molecule has 0 saturated heterocycles. The van der Waals surface area contributed by atoms with E-state index in [9.17, 15) is 0 Å². The summed E-state index contributed by atoms with van der Waals surface area (Å²) < 4.78 is 5.29. The third kappa shape index (κ3) is 6.63. The lowest BCUT2D eigenvalue weighted by atomic mass is 10.4. The van der Waals surface area contributed by atoms with Crippen molar-refractivity contribution in [1.82, 2.24) is 5.32 Å². The van der Waals surface area contributed by atoms with E-state index in [1.807, 2.05) is 14.0 Å². The Bertz CT molecular complexity index is 128. The lowest BCUT2D eigenvalue weighted by Crippen LogP contribution is -2.23. The zero-order valence-electron chi connectivity index (χ0n) is 6.73. The summed E-state index contributed by atoms with van der Waals surface area (Å²) in [6.45, 7) is 3.16. The number of ether oxygens (including phenoxy) is 1. The van der Waals surface area contributed by atoms with E-state index in [1.165, 1.54) is 5.54 Å². The van der Waals surface area contributed by atoms with Gasteiger partial charge in [-0.3, -0.25) is 0 Å². The summed E-state index contributed by atoms with van der Waals surface area (Å²) >= 11 is 10.9. The van der Waals surface area contributed by atoms with Crippen LogP contribution in [0.3, 0.4) is 0 Å². The molecule has 0 amide bonds. The monoisotopic (exact) mass is 197 g/mol. The molecule has 0 aliphatic rings. The average molecular weight is 198 g/mol. The minimum atomic E-state index is 0.158. The topological polar surface area (TPSA) is 21.3 Å². The first kappa shape index (κ1) is 11.2. The van der Waals surface area contributed by atoms with Gasteiger partial charge in [0.2, 0.25) is 0 Å². The molecule has 0 saturated carbocycles. The predicted octanol–water partition coefficient (Wildman–Crippen LogP) is 1.93. The van der Waals surface area contributed by atoms with Gasteiger partial charge < -0.3 is 10.1 Å². The molecule has 0 spiro atoms. The zero-order valence-corrected chi connectivity index (χ0v) is 8.24. The summed E-state index contributed by atoms with van der Waals surface area (Å²) in [6.07, 6.45) is 0.158. The van der Waals surface area contributed by atoms with Crippen molar-refractivity contribution >= 4 is 23.2 Å². The van der Waals surface area contributed by atoms with Gasteiger partial charge in [0.25, 0.3) is 0 Å². The minimum Gasteiger partial charge on any atom is -0.372 e. The second-order valence-corrected chi connectivity index (χ2v) is 2.94. The Morgan fingerprint density at radius 1 is 1.73 bits per heavy atom. The van der Waals surface area contributed by atoms with Crippen LogP contribution in [0.1, 0.15) is 6.92 Å². The van der Waals surface area contributed by atoms with E-state index < -0.39 is 0 Å². The molecular formula is C7H13Cl2NO. The van der Waals surface area contributed by atoms with Crippen LogP contribution in [0.2, 0.25) is 0 Å². The number of rotatable bonds is 5. The molecule has 2 nitrogen and oxygen atoms in total. The van der Waals surface area contributed by atoms with Crippen LogP contribution >= 0.6 is 23.2 Å². The molecule has 66 valence electrons. The number of nitrogens with one attached hydrogen (secondary N) is 1. The van der Waals surface area contributed by atoms with Crippen molar-refractivity contribution in [1.29, 1.82) is 0 Å². The summed E-state index contributed by atoms with van der Waals surface area (Å²) in [5, 5.41) is 3.51. The van der Waals surface area contributed by atoms with Crippen LogP contribution < -0.4 is 5.32 Å². The third-order valence-corrected chi connectivity index (χ3v) is 1.71. The summed E-state index contributed by atoms with van der Waals surface area (Å²) in [4.78, 5) is 0. The highest BCUT2D eigenvalue weighted by molar-refractivity contribution is 6.36. The Morgan fingerprint density at radius 3 is 2.82 bits per heavy atom. The fraction of sp³-hybridized carbons (Fsp3) is 0.714. The van der Waals surface area contributed by atoms with Crippen molar-refractivity contribution in [2.24, 2.45) is 0 Å². The van der Waals surface area contributed by atoms with E-state index >= 15 is 0 Å². The Balaban J connectivity index is 3.37. The number of hydrogen-bond acceptors (Lipinski definition) is 2. The molecule has 11 heavy (non-hydrogen) atoms. The van der Waals surface area contributed by atoms with Gasteiger partial charge in [-0.1, -0.05) is 23.2 Å². The Hall–Kier alpha value is 0.240. The van der Waals surface area contributed by atoms with Crippen LogP contribution in [0.5, 0.6) is 0 Å². The largest absolute Gasteiger partial charge is 0.372 e. The average Bonchev–Trinajstić information content (AvgIpc) is 2.01. The fourth-order valence-electron chi connectivity index (χ4n) is 0.600. The number of likely N-dealkylation sites (N-methyl/N-ethyl adjacent to an activating group) is 1. The molecule has 1 atom stereocenters. The Morgan fingerprint density at radius 2 is 2.36 bits per heavy atom. The summed E-state index contributed by atoms with van der Waals surface area (Å²) in [7, 11) is 1.87. The maximum Gasteiger partial charge on any atom is 0.0836 e. The van der Waals surface area contributed by atoms with Gasteiger partial charge in [-0.2, -0.15) is 0 Å². The molecule has 0 rings (SSSR count). The lowest BCUT2D eigenvalue weighted by molar-refractivity contribution is 0.0876. The molecule has 1 unspecified atom stereocenters. The fourth-order valence-corrected chi connectivity index (χ4v) is 0.726. The van der Waals surface area contributed by atoms with E-state index in [0.717, 1.165) is 6.54 Å². The number of halogens is 2. The molecule has 0 aliphatic heterocycles. The minimum absolute atomic E-state index is 0.158. The predicted molar refractivity (Wildman–Crippen MR) is 49.1 cm³/mol. The second kappa shape index (κ2) is 6.92. The van der Waals surface area contributed by atoms with Crippen molar-refractivity contribution in [3.8, 4) is 0 Å². The van der Waals surface area contributed by atoms with Crippen molar-refractivity contribution in [2.75, 3.05) is 20.2 Å². The van der Waals surface area contributed by atoms with Crippen molar-refractivity contribution in [3.05, 3.63) is 10.6 Å². The molecule has 0 bridgehead atoms. The third-order valence-electron chi connectivity index (χ3n) is 1.12. The van der Waals surface area contributed by atoms with Gasteiger partial charge in [-0.05, 0) is 14.0 Å². The van der Waals surface area contributed by atoms with Gasteiger partial charge in [-0.15, -0.1) is 0 Å². The normalized spacial score (nSPS) is 15.1. The van der Waals surface area contributed by atoms with Gasteiger partial charge in [0.15, 0.2) is 0 Å². The first-order valence-corrected chi connectivity index (χ1v) is 4.23. The molecular weight excluding hydrogens is 185 g/mol. The highest BCUT2D eigenvalue weighted by atomic mass is 35.5. The molecule has 0 radical (unpaired) electrons. The van der Waals surface area contributed by atoms with E-state index in [2.05, 4.69) is 5.32 Å². The molecule has 0 aliphatic carbocycles. The van der Waals surface area contributed by atoms with Crippen LogP contribution in [-0.4, -0.2) is 26.3 Å². The van der Waals surface area contributed by atoms with E-state index in [0.29, 0.717) is 11.6 Å². The van der Waals surface area contributed by atoms with Gasteiger partial charge in [0.1, 0.15) is 0 Å². The maximum absolute atomic E-state index is 5.59. The summed E-state index contributed by atoms with van der Waals surface area (Å²) in [5.74, 6) is 0. The quantitative estimate of drug-likeness (QED) is 0.728. The smallest absolute Gasteiger partial charge is 0.0836 e. The maximum atomic E-state index is 5.59. The van der Waals surface area contributed by atoms with Gasteiger partial charge >= 0.3 is 0 Å². The first-order chi connectivity index (χ1) is 5.20. The van der Waals surface area contributed by atoms with Gasteiger partial charge in [0.05, 0.1) is 17.7 Å². The molecule has 0 heterocycles. The second-order valence-electron chi connectivity index (χ2n) is 2.24. The highest BCUT2D eigenvalue weighted by Gasteiger charge is 2.00. The SMILES string of the molecule is CNCC(C)OCC(Cl)=CCl. The Labute approximate surface area is 77.5 Å². The first-order valence-electron chi connectivity index (χ1n) is 3.41. The van der Waals surface area contributed by atoms with Crippen LogP contribution in [0.4, 0.5) is 0 Å². The zero-order chi connectivity index (χ0) is 8.69. The van der Waals surface area contributed by atoms with E-state index in [4.69, 9.17) is 27.9 Å². The van der Waals surface area contributed by atoms with Crippen molar-refractivity contribution in [3.63, 3.8) is 0 Å². The van der Waals surface area contributed by atoms with Gasteiger partial charge in [0, 0.05) is 12.1 Å². The van der Waals surface area contributed by atoms with Crippen LogP contribution in [0, 0.1) is 0 Å². The van der Waals surface area contributed by atoms with Crippen LogP contribution in [0.25, 0.3) is 0 Å². The number of hydrogen-bond donors (Lipinski definition) is 1. The van der Waals surface area contributed by atoms with Crippen molar-refractivity contribution < 1.29 is 4.74 Å². The van der Waals surface area contributed by atoms with E-state index in [1.54, 1.807) is 0 Å². The van der Waals surface area contributed by atoms with Crippen LogP contribution in [-0.2, 0) is 4.74 Å². The Kier molecular flexibility index (Phi) is 7.07. The molecule has 0 aromatic carbocycles. The summed E-state index contributed by atoms with van der Waals surface area (Å²) in [5.41, 5.74) is 1.31. The highest BCUT2D eigenvalue weighted by Crippen LogP contribution is 2.04.